The zero-order chi connectivity index (χ0) is 24.6. The third-order valence-corrected chi connectivity index (χ3v) is 6.72. The van der Waals surface area contributed by atoms with Gasteiger partial charge in [0, 0.05) is 22.2 Å². The predicted molar refractivity (Wildman–Crippen MR) is 130 cm³/mol. The van der Waals surface area contributed by atoms with Gasteiger partial charge in [0.15, 0.2) is 0 Å². The molecule has 0 bridgehead atoms. The summed E-state index contributed by atoms with van der Waals surface area (Å²) in [6.45, 7) is 4.03. The molecule has 1 saturated heterocycles. The molecule has 7 nitrogen and oxygen atoms in total. The quantitative estimate of drug-likeness (QED) is 0.490. The van der Waals surface area contributed by atoms with Crippen LogP contribution < -0.4 is 10.6 Å². The Bertz CT molecular complexity index is 1100. The number of nitrogens with one attached hydrogen (secondary N) is 2. The van der Waals surface area contributed by atoms with Crippen molar-refractivity contribution in [1.29, 1.82) is 0 Å². The Labute approximate surface area is 208 Å². The molecule has 9 heteroatoms. The van der Waals surface area contributed by atoms with Gasteiger partial charge >= 0.3 is 5.97 Å². The van der Waals surface area contributed by atoms with Crippen LogP contribution in [0.15, 0.2) is 42.5 Å². The van der Waals surface area contributed by atoms with Gasteiger partial charge in [-0.15, -0.1) is 0 Å². The molecule has 2 unspecified atom stereocenters. The first kappa shape index (κ1) is 24.5. The monoisotopic (exact) mass is 503 g/mol. The summed E-state index contributed by atoms with van der Waals surface area (Å²) in [5, 5.41) is 15.7. The summed E-state index contributed by atoms with van der Waals surface area (Å²) in [5.74, 6) is -1.00. The van der Waals surface area contributed by atoms with Gasteiger partial charge in [0.25, 0.3) is 5.91 Å². The standard InChI is InChI=1S/C25H27Cl2N3O4/c1-25(2)29-21(17-11-18(26)13-19(27)12-17)24(34)30(25)22(14-3-4-14)15-5-7-16(8-6-15)23(33)28-10-9-20(31)32/h5-8,11-14,21-22,29H,3-4,9-10H2,1-2H3,(H,28,33)(H,31,32). The van der Waals surface area contributed by atoms with Gasteiger partial charge in [-0.25, -0.2) is 0 Å². The highest BCUT2D eigenvalue weighted by Gasteiger charge is 2.51. The fourth-order valence-corrected chi connectivity index (χ4v) is 5.16. The zero-order valence-electron chi connectivity index (χ0n) is 19.0. The third-order valence-electron chi connectivity index (χ3n) is 6.29. The van der Waals surface area contributed by atoms with Crippen LogP contribution in [0.1, 0.15) is 66.7 Å². The maximum absolute atomic E-state index is 13.7. The van der Waals surface area contributed by atoms with Gasteiger partial charge in [0.2, 0.25) is 5.91 Å². The number of carboxylic acid groups (broad SMARTS) is 1. The number of amides is 2. The fourth-order valence-electron chi connectivity index (χ4n) is 4.61. The minimum Gasteiger partial charge on any atom is -0.481 e. The summed E-state index contributed by atoms with van der Waals surface area (Å²) in [7, 11) is 0. The molecule has 1 aliphatic carbocycles. The second-order valence-electron chi connectivity index (χ2n) is 9.35. The molecule has 2 atom stereocenters. The van der Waals surface area contributed by atoms with Crippen molar-refractivity contribution in [2.75, 3.05) is 6.54 Å². The van der Waals surface area contributed by atoms with E-state index in [1.807, 2.05) is 30.9 Å². The number of hydrogen-bond acceptors (Lipinski definition) is 4. The van der Waals surface area contributed by atoms with Crippen LogP contribution in [0.25, 0.3) is 0 Å². The Morgan fingerprint density at radius 1 is 1.15 bits per heavy atom. The van der Waals surface area contributed by atoms with Crippen LogP contribution in [0, 0.1) is 5.92 Å². The molecule has 4 rings (SSSR count). The fraction of sp³-hybridized carbons (Fsp3) is 0.400. The van der Waals surface area contributed by atoms with Gasteiger partial charge in [-0.05, 0) is 74.1 Å². The average Bonchev–Trinajstić information content (AvgIpc) is 3.56. The molecule has 1 saturated carbocycles. The van der Waals surface area contributed by atoms with Crippen molar-refractivity contribution < 1.29 is 19.5 Å². The smallest absolute Gasteiger partial charge is 0.305 e. The summed E-state index contributed by atoms with van der Waals surface area (Å²) in [5.41, 5.74) is 1.51. The molecule has 2 aliphatic rings. The maximum Gasteiger partial charge on any atom is 0.305 e. The SMILES string of the molecule is CC1(C)NC(c2cc(Cl)cc(Cl)c2)C(=O)N1C(c1ccc(C(=O)NCCC(=O)O)cc1)C1CC1. The van der Waals surface area contributed by atoms with Gasteiger partial charge in [-0.2, -0.15) is 0 Å². The molecular formula is C25H27Cl2N3O4. The third kappa shape index (κ3) is 5.22. The van der Waals surface area contributed by atoms with Gasteiger partial charge in [-0.3, -0.25) is 19.7 Å². The van der Waals surface area contributed by atoms with Gasteiger partial charge < -0.3 is 15.3 Å². The normalized spacial score (nSPS) is 20.3. The Hall–Kier alpha value is -2.61. The number of benzene rings is 2. The number of rotatable bonds is 8. The van der Waals surface area contributed by atoms with E-state index in [0.29, 0.717) is 21.5 Å². The maximum atomic E-state index is 13.7. The lowest BCUT2D eigenvalue weighted by molar-refractivity contribution is -0.137. The molecule has 0 radical (unpaired) electrons. The number of aliphatic carboxylic acids is 1. The molecule has 1 aliphatic heterocycles. The van der Waals surface area contributed by atoms with Crippen molar-refractivity contribution in [1.82, 2.24) is 15.5 Å². The second-order valence-corrected chi connectivity index (χ2v) is 10.2. The van der Waals surface area contributed by atoms with Crippen LogP contribution in [0.2, 0.25) is 10.0 Å². The molecular weight excluding hydrogens is 477 g/mol. The van der Waals surface area contributed by atoms with E-state index in [1.165, 1.54) is 0 Å². The molecule has 2 aromatic carbocycles. The van der Waals surface area contributed by atoms with Crippen molar-refractivity contribution in [2.24, 2.45) is 5.92 Å². The largest absolute Gasteiger partial charge is 0.481 e. The van der Waals surface area contributed by atoms with Gasteiger partial charge in [0.05, 0.1) is 18.1 Å². The van der Waals surface area contributed by atoms with E-state index in [1.54, 1.807) is 30.3 Å². The Morgan fingerprint density at radius 2 is 1.76 bits per heavy atom. The highest BCUT2D eigenvalue weighted by atomic mass is 35.5. The van der Waals surface area contributed by atoms with E-state index in [9.17, 15) is 14.4 Å². The number of carbonyl (C=O) groups is 3. The van der Waals surface area contributed by atoms with Crippen LogP contribution >= 0.6 is 23.2 Å². The minimum atomic E-state index is -0.965. The van der Waals surface area contributed by atoms with E-state index in [4.69, 9.17) is 28.3 Å². The highest BCUT2D eigenvalue weighted by molar-refractivity contribution is 6.34. The highest BCUT2D eigenvalue weighted by Crippen LogP contribution is 2.49. The van der Waals surface area contributed by atoms with Crippen molar-refractivity contribution in [2.45, 2.75) is 50.9 Å². The van der Waals surface area contributed by atoms with E-state index < -0.39 is 17.7 Å². The molecule has 180 valence electrons. The first-order valence-corrected chi connectivity index (χ1v) is 12.0. The summed E-state index contributed by atoms with van der Waals surface area (Å²) >= 11 is 12.4. The summed E-state index contributed by atoms with van der Waals surface area (Å²) in [6.07, 6.45) is 1.91. The Kier molecular flexibility index (Phi) is 6.90. The number of carbonyl (C=O) groups excluding carboxylic acids is 2. The van der Waals surface area contributed by atoms with E-state index in [2.05, 4.69) is 10.6 Å². The molecule has 2 amide bonds. The lowest BCUT2D eigenvalue weighted by Crippen LogP contribution is -2.49. The number of hydrogen-bond donors (Lipinski definition) is 3. The molecule has 3 N–H and O–H groups in total. The van der Waals surface area contributed by atoms with Crippen LogP contribution in [0.3, 0.4) is 0 Å². The first-order valence-electron chi connectivity index (χ1n) is 11.2. The molecule has 0 aromatic heterocycles. The topological polar surface area (TPSA) is 98.7 Å². The summed E-state index contributed by atoms with van der Waals surface area (Å²) < 4.78 is 0. The zero-order valence-corrected chi connectivity index (χ0v) is 20.5. The van der Waals surface area contributed by atoms with Crippen LogP contribution in [0.4, 0.5) is 0 Å². The van der Waals surface area contributed by atoms with Gasteiger partial charge in [-0.1, -0.05) is 35.3 Å². The number of carboxylic acids is 1. The molecule has 1 heterocycles. The predicted octanol–water partition coefficient (Wildman–Crippen LogP) is 4.56. The lowest BCUT2D eigenvalue weighted by Gasteiger charge is -2.38. The van der Waals surface area contributed by atoms with Crippen molar-refractivity contribution >= 4 is 41.0 Å². The van der Waals surface area contributed by atoms with Crippen LogP contribution in [-0.2, 0) is 9.59 Å². The van der Waals surface area contributed by atoms with Crippen molar-refractivity contribution in [3.63, 3.8) is 0 Å². The number of nitrogens with zero attached hydrogens (tertiary/aromatic N) is 1. The van der Waals surface area contributed by atoms with E-state index >= 15 is 0 Å². The first-order chi connectivity index (χ1) is 16.1. The summed E-state index contributed by atoms with van der Waals surface area (Å²) in [4.78, 5) is 38.6. The molecule has 0 spiro atoms. The van der Waals surface area contributed by atoms with Crippen LogP contribution in [0.5, 0.6) is 0 Å². The van der Waals surface area contributed by atoms with E-state index in [0.717, 1.165) is 24.0 Å². The lowest BCUT2D eigenvalue weighted by atomic mass is 9.96. The molecule has 2 fully saturated rings. The van der Waals surface area contributed by atoms with E-state index in [-0.39, 0.29) is 30.8 Å². The molecule has 2 aromatic rings. The Morgan fingerprint density at radius 3 is 2.32 bits per heavy atom. The Balaban J connectivity index is 1.58. The molecule has 34 heavy (non-hydrogen) atoms. The second kappa shape index (κ2) is 9.56. The van der Waals surface area contributed by atoms with Gasteiger partial charge in [0.1, 0.15) is 6.04 Å². The van der Waals surface area contributed by atoms with Crippen LogP contribution in [-0.4, -0.2) is 40.0 Å². The summed E-state index contributed by atoms with van der Waals surface area (Å²) in [6, 6.07) is 11.6. The minimum absolute atomic E-state index is 0.0456. The van der Waals surface area contributed by atoms with Crippen molar-refractivity contribution in [3.8, 4) is 0 Å². The van der Waals surface area contributed by atoms with Crippen molar-refractivity contribution in [3.05, 3.63) is 69.2 Å². The average molecular weight is 504 g/mol. The number of halogens is 2.